The van der Waals surface area contributed by atoms with Crippen molar-refractivity contribution in [1.29, 1.82) is 0 Å². The highest BCUT2D eigenvalue weighted by atomic mass is 79.9. The molecule has 0 fully saturated rings. The molecule has 3 rings (SSSR count). The molecule has 2 aromatic carbocycles. The van der Waals surface area contributed by atoms with Gasteiger partial charge in [-0.05, 0) is 36.2 Å². The molecule has 0 radical (unpaired) electrons. The molecule has 0 aliphatic carbocycles. The molecular formula is C17H19BrN2. The van der Waals surface area contributed by atoms with Gasteiger partial charge in [0.05, 0.1) is 0 Å². The number of nitrogens with zero attached hydrogens (tertiary/aromatic N) is 1. The smallest absolute Gasteiger partial charge is 0.0441 e. The van der Waals surface area contributed by atoms with Crippen molar-refractivity contribution in [1.82, 2.24) is 0 Å². The zero-order chi connectivity index (χ0) is 13.9. The fraction of sp³-hybridized carbons (Fsp3) is 0.294. The predicted octanol–water partition coefficient (Wildman–Crippen LogP) is 3.90. The summed E-state index contributed by atoms with van der Waals surface area (Å²) < 4.78 is 1.18. The minimum Gasteiger partial charge on any atom is -0.366 e. The quantitative estimate of drug-likeness (QED) is 0.921. The van der Waals surface area contributed by atoms with Crippen LogP contribution in [0.4, 0.5) is 5.69 Å². The first-order chi connectivity index (χ1) is 9.79. The van der Waals surface area contributed by atoms with Crippen molar-refractivity contribution < 1.29 is 0 Å². The van der Waals surface area contributed by atoms with E-state index in [0.717, 1.165) is 26.1 Å². The fourth-order valence-electron chi connectivity index (χ4n) is 3.01. The van der Waals surface area contributed by atoms with Gasteiger partial charge in [0.15, 0.2) is 0 Å². The Kier molecular flexibility index (Phi) is 4.08. The molecule has 1 atom stereocenters. The van der Waals surface area contributed by atoms with E-state index in [0.29, 0.717) is 5.92 Å². The predicted molar refractivity (Wildman–Crippen MR) is 88.0 cm³/mol. The van der Waals surface area contributed by atoms with E-state index in [9.17, 15) is 0 Å². The molecular weight excluding hydrogens is 312 g/mol. The largest absolute Gasteiger partial charge is 0.366 e. The van der Waals surface area contributed by atoms with E-state index in [4.69, 9.17) is 5.73 Å². The average molecular weight is 331 g/mol. The molecule has 20 heavy (non-hydrogen) atoms. The van der Waals surface area contributed by atoms with Crippen LogP contribution in [0, 0.1) is 0 Å². The fourth-order valence-corrected chi connectivity index (χ4v) is 3.42. The molecule has 2 aromatic rings. The number of para-hydroxylation sites is 1. The van der Waals surface area contributed by atoms with Crippen molar-refractivity contribution in [2.24, 2.45) is 5.73 Å². The van der Waals surface area contributed by atoms with Gasteiger partial charge in [0, 0.05) is 29.2 Å². The van der Waals surface area contributed by atoms with Crippen molar-refractivity contribution in [3.63, 3.8) is 0 Å². The summed E-state index contributed by atoms with van der Waals surface area (Å²) in [5.74, 6) is 0.568. The van der Waals surface area contributed by atoms with Crippen LogP contribution in [-0.2, 0) is 6.54 Å². The molecule has 0 saturated heterocycles. The molecule has 0 bridgehead atoms. The van der Waals surface area contributed by atoms with Crippen LogP contribution in [-0.4, -0.2) is 13.1 Å². The van der Waals surface area contributed by atoms with Crippen LogP contribution in [0.15, 0.2) is 53.0 Å². The lowest BCUT2D eigenvalue weighted by Crippen LogP contribution is -2.22. The van der Waals surface area contributed by atoms with Crippen molar-refractivity contribution in [3.8, 4) is 0 Å². The van der Waals surface area contributed by atoms with E-state index in [2.05, 4.69) is 69.4 Å². The van der Waals surface area contributed by atoms with Crippen LogP contribution in [0.5, 0.6) is 0 Å². The lowest BCUT2D eigenvalue weighted by atomic mass is 9.98. The highest BCUT2D eigenvalue weighted by molar-refractivity contribution is 9.10. The van der Waals surface area contributed by atoms with Gasteiger partial charge in [-0.25, -0.2) is 0 Å². The van der Waals surface area contributed by atoms with E-state index in [1.165, 1.54) is 21.3 Å². The molecule has 2 nitrogen and oxygen atoms in total. The van der Waals surface area contributed by atoms with Gasteiger partial charge in [-0.3, -0.25) is 0 Å². The molecule has 1 aliphatic rings. The van der Waals surface area contributed by atoms with E-state index < -0.39 is 0 Å². The maximum atomic E-state index is 5.76. The van der Waals surface area contributed by atoms with Crippen LogP contribution in [0.25, 0.3) is 0 Å². The van der Waals surface area contributed by atoms with E-state index in [1.54, 1.807) is 0 Å². The number of fused-ring (bicyclic) bond motifs is 1. The van der Waals surface area contributed by atoms with Crippen LogP contribution >= 0.6 is 15.9 Å². The van der Waals surface area contributed by atoms with Gasteiger partial charge in [0.2, 0.25) is 0 Å². The molecule has 3 heteroatoms. The summed E-state index contributed by atoms with van der Waals surface area (Å²) >= 11 is 3.64. The van der Waals surface area contributed by atoms with Gasteiger partial charge < -0.3 is 10.6 Å². The van der Waals surface area contributed by atoms with Crippen LogP contribution in [0.2, 0.25) is 0 Å². The van der Waals surface area contributed by atoms with Gasteiger partial charge in [0.1, 0.15) is 0 Å². The monoisotopic (exact) mass is 330 g/mol. The van der Waals surface area contributed by atoms with Crippen LogP contribution in [0.1, 0.15) is 23.5 Å². The minimum atomic E-state index is 0.568. The normalized spacial score (nSPS) is 17.3. The maximum absolute atomic E-state index is 5.76. The van der Waals surface area contributed by atoms with E-state index in [1.807, 2.05) is 0 Å². The van der Waals surface area contributed by atoms with Crippen LogP contribution < -0.4 is 10.6 Å². The number of rotatable bonds is 4. The molecule has 1 heterocycles. The molecule has 2 N–H and O–H groups in total. The zero-order valence-corrected chi connectivity index (χ0v) is 13.0. The number of hydrogen-bond acceptors (Lipinski definition) is 2. The average Bonchev–Trinajstić information content (AvgIpc) is 2.81. The topological polar surface area (TPSA) is 29.3 Å². The maximum Gasteiger partial charge on any atom is 0.0441 e. The number of benzene rings is 2. The van der Waals surface area contributed by atoms with Crippen molar-refractivity contribution >= 4 is 21.6 Å². The highest BCUT2D eigenvalue weighted by Gasteiger charge is 2.27. The number of hydrogen-bond donors (Lipinski definition) is 1. The number of nitrogens with two attached hydrogens (primary N) is 1. The van der Waals surface area contributed by atoms with Gasteiger partial charge >= 0.3 is 0 Å². The third kappa shape index (κ3) is 2.60. The zero-order valence-electron chi connectivity index (χ0n) is 11.4. The molecule has 0 spiro atoms. The van der Waals surface area contributed by atoms with Gasteiger partial charge in [-0.15, -0.1) is 0 Å². The van der Waals surface area contributed by atoms with Gasteiger partial charge in [-0.2, -0.15) is 0 Å². The second-order valence-electron chi connectivity index (χ2n) is 5.31. The minimum absolute atomic E-state index is 0.568. The Labute approximate surface area is 128 Å². The summed E-state index contributed by atoms with van der Waals surface area (Å²) in [5, 5.41) is 0. The summed E-state index contributed by atoms with van der Waals surface area (Å²) in [5.41, 5.74) is 9.90. The molecule has 104 valence electrons. The highest BCUT2D eigenvalue weighted by Crippen LogP contribution is 2.38. The Balaban J connectivity index is 1.87. The lowest BCUT2D eigenvalue weighted by molar-refractivity contribution is 0.644. The number of halogens is 1. The van der Waals surface area contributed by atoms with Crippen molar-refractivity contribution in [3.05, 3.63) is 64.1 Å². The van der Waals surface area contributed by atoms with Crippen molar-refractivity contribution in [2.45, 2.75) is 18.9 Å². The molecule has 0 saturated carbocycles. The molecule has 1 aliphatic heterocycles. The second-order valence-corrected chi connectivity index (χ2v) is 6.16. The van der Waals surface area contributed by atoms with Crippen molar-refractivity contribution in [2.75, 3.05) is 18.0 Å². The second kappa shape index (κ2) is 5.98. The Hall–Kier alpha value is -1.32. The summed E-state index contributed by atoms with van der Waals surface area (Å²) in [4.78, 5) is 2.47. The third-order valence-electron chi connectivity index (χ3n) is 3.99. The Morgan fingerprint density at radius 2 is 1.85 bits per heavy atom. The summed E-state index contributed by atoms with van der Waals surface area (Å²) in [7, 11) is 0. The standard InChI is InChI=1S/C17H19BrN2/c18-16-7-3-1-5-14(16)12-20-11-13(9-10-19)15-6-2-4-8-17(15)20/h1-8,13H,9-12,19H2. The summed E-state index contributed by atoms with van der Waals surface area (Å²) in [6.07, 6.45) is 1.06. The molecule has 0 amide bonds. The first kappa shape index (κ1) is 13.7. The first-order valence-electron chi connectivity index (χ1n) is 7.07. The third-order valence-corrected chi connectivity index (χ3v) is 4.77. The summed E-state index contributed by atoms with van der Waals surface area (Å²) in [6.45, 7) is 2.76. The molecule has 0 aromatic heterocycles. The van der Waals surface area contributed by atoms with Gasteiger partial charge in [-0.1, -0.05) is 52.3 Å². The Morgan fingerprint density at radius 3 is 2.65 bits per heavy atom. The van der Waals surface area contributed by atoms with Crippen LogP contribution in [0.3, 0.4) is 0 Å². The SMILES string of the molecule is NCCC1CN(Cc2ccccc2Br)c2ccccc21. The first-order valence-corrected chi connectivity index (χ1v) is 7.86. The lowest BCUT2D eigenvalue weighted by Gasteiger charge is -2.20. The van der Waals surface area contributed by atoms with E-state index >= 15 is 0 Å². The van der Waals surface area contributed by atoms with E-state index in [-0.39, 0.29) is 0 Å². The Morgan fingerprint density at radius 1 is 1.10 bits per heavy atom. The van der Waals surface area contributed by atoms with Gasteiger partial charge in [0.25, 0.3) is 0 Å². The molecule has 1 unspecified atom stereocenters. The number of anilines is 1. The summed E-state index contributed by atoms with van der Waals surface area (Å²) in [6, 6.07) is 17.2. The Bertz CT molecular complexity index is 597.